The Morgan fingerprint density at radius 2 is 2.40 bits per heavy atom. The molecule has 0 aromatic rings. The Bertz CT molecular complexity index is 209. The highest BCUT2D eigenvalue weighted by atomic mass is 16.5. The van der Waals surface area contributed by atoms with Crippen molar-refractivity contribution in [1.82, 2.24) is 4.90 Å². The van der Waals surface area contributed by atoms with Gasteiger partial charge in [0.15, 0.2) is 0 Å². The Kier molecular flexibility index (Phi) is 5.05. The monoisotopic (exact) mass is 214 g/mol. The van der Waals surface area contributed by atoms with Crippen molar-refractivity contribution in [3.63, 3.8) is 0 Å². The molecule has 88 valence electrons. The van der Waals surface area contributed by atoms with Crippen molar-refractivity contribution in [1.29, 1.82) is 0 Å². The van der Waals surface area contributed by atoms with Crippen LogP contribution in [0, 0.1) is 5.92 Å². The van der Waals surface area contributed by atoms with Crippen LogP contribution in [0.1, 0.15) is 26.7 Å². The van der Waals surface area contributed by atoms with Gasteiger partial charge in [-0.25, -0.2) is 0 Å². The van der Waals surface area contributed by atoms with Gasteiger partial charge in [-0.05, 0) is 5.92 Å². The first-order valence-electron chi connectivity index (χ1n) is 5.76. The molecule has 1 rings (SSSR count). The minimum absolute atomic E-state index is 0.0790. The molecule has 2 atom stereocenters. The molecule has 1 heterocycles. The summed E-state index contributed by atoms with van der Waals surface area (Å²) >= 11 is 0. The number of morpholine rings is 1. The molecule has 1 amide bonds. The lowest BCUT2D eigenvalue weighted by Crippen LogP contribution is -2.52. The quantitative estimate of drug-likeness (QED) is 0.746. The van der Waals surface area contributed by atoms with E-state index in [-0.39, 0.29) is 11.9 Å². The van der Waals surface area contributed by atoms with Crippen molar-refractivity contribution in [2.45, 2.75) is 32.7 Å². The summed E-state index contributed by atoms with van der Waals surface area (Å²) in [7, 11) is 0. The molecule has 1 saturated heterocycles. The third kappa shape index (κ3) is 3.47. The second kappa shape index (κ2) is 6.08. The van der Waals surface area contributed by atoms with Gasteiger partial charge in [0.05, 0.1) is 19.3 Å². The van der Waals surface area contributed by atoms with Crippen LogP contribution in [0.4, 0.5) is 0 Å². The van der Waals surface area contributed by atoms with Crippen LogP contribution in [0.3, 0.4) is 0 Å². The van der Waals surface area contributed by atoms with Gasteiger partial charge in [0.1, 0.15) is 0 Å². The fourth-order valence-electron chi connectivity index (χ4n) is 1.74. The molecular formula is C11H22N2O2. The van der Waals surface area contributed by atoms with Crippen LogP contribution in [0.25, 0.3) is 0 Å². The van der Waals surface area contributed by atoms with Gasteiger partial charge >= 0.3 is 0 Å². The molecule has 1 fully saturated rings. The number of amides is 1. The third-order valence-corrected chi connectivity index (χ3v) is 3.04. The van der Waals surface area contributed by atoms with Crippen LogP contribution < -0.4 is 5.73 Å². The highest BCUT2D eigenvalue weighted by Gasteiger charge is 2.26. The first-order valence-corrected chi connectivity index (χ1v) is 5.76. The number of carbonyl (C=O) groups is 1. The van der Waals surface area contributed by atoms with Crippen molar-refractivity contribution in [2.75, 3.05) is 26.3 Å². The SMILES string of the molecule is CCC(C)CC(=O)N1CCOCC1CN. The molecule has 4 nitrogen and oxygen atoms in total. The van der Waals surface area contributed by atoms with Crippen LogP contribution in [0.5, 0.6) is 0 Å². The average molecular weight is 214 g/mol. The predicted octanol–water partition coefficient (Wildman–Crippen LogP) is 0.609. The lowest BCUT2D eigenvalue weighted by Gasteiger charge is -2.35. The fraction of sp³-hybridized carbons (Fsp3) is 0.909. The normalized spacial score (nSPS) is 23.9. The molecule has 0 aliphatic carbocycles. The van der Waals surface area contributed by atoms with Crippen molar-refractivity contribution in [3.8, 4) is 0 Å². The number of nitrogens with two attached hydrogens (primary N) is 1. The number of nitrogens with zero attached hydrogens (tertiary/aromatic N) is 1. The smallest absolute Gasteiger partial charge is 0.223 e. The number of ether oxygens (including phenoxy) is 1. The van der Waals surface area contributed by atoms with E-state index < -0.39 is 0 Å². The molecule has 2 N–H and O–H groups in total. The van der Waals surface area contributed by atoms with Crippen LogP contribution in [-0.2, 0) is 9.53 Å². The summed E-state index contributed by atoms with van der Waals surface area (Å²) < 4.78 is 5.31. The summed E-state index contributed by atoms with van der Waals surface area (Å²) in [5.74, 6) is 0.682. The third-order valence-electron chi connectivity index (χ3n) is 3.04. The lowest BCUT2D eigenvalue weighted by atomic mass is 10.0. The largest absolute Gasteiger partial charge is 0.377 e. The zero-order valence-corrected chi connectivity index (χ0v) is 9.74. The van der Waals surface area contributed by atoms with Crippen molar-refractivity contribution < 1.29 is 9.53 Å². The summed E-state index contributed by atoms with van der Waals surface area (Å²) in [6, 6.07) is 0.0790. The molecule has 0 bridgehead atoms. The van der Waals surface area contributed by atoms with E-state index in [1.807, 2.05) is 4.90 Å². The highest BCUT2D eigenvalue weighted by molar-refractivity contribution is 5.76. The zero-order valence-electron chi connectivity index (χ0n) is 9.74. The zero-order chi connectivity index (χ0) is 11.3. The van der Waals surface area contributed by atoms with Crippen molar-refractivity contribution in [2.24, 2.45) is 11.7 Å². The van der Waals surface area contributed by atoms with Crippen LogP contribution in [0.15, 0.2) is 0 Å². The molecule has 0 spiro atoms. The minimum atomic E-state index is 0.0790. The summed E-state index contributed by atoms with van der Waals surface area (Å²) in [4.78, 5) is 13.8. The van der Waals surface area contributed by atoms with Crippen LogP contribution in [0.2, 0.25) is 0 Å². The molecular weight excluding hydrogens is 192 g/mol. The second-order valence-electron chi connectivity index (χ2n) is 4.27. The number of carbonyl (C=O) groups excluding carboxylic acids is 1. The van der Waals surface area contributed by atoms with E-state index in [0.29, 0.717) is 38.6 Å². The molecule has 1 aliphatic rings. The molecule has 2 unspecified atom stereocenters. The van der Waals surface area contributed by atoms with Gasteiger partial charge < -0.3 is 15.4 Å². The first-order chi connectivity index (χ1) is 7.19. The summed E-state index contributed by atoms with van der Waals surface area (Å²) in [6.07, 6.45) is 1.68. The van der Waals surface area contributed by atoms with E-state index in [4.69, 9.17) is 10.5 Å². The predicted molar refractivity (Wildman–Crippen MR) is 59.4 cm³/mol. The van der Waals surface area contributed by atoms with Crippen LogP contribution in [-0.4, -0.2) is 43.2 Å². The minimum Gasteiger partial charge on any atom is -0.377 e. The van der Waals surface area contributed by atoms with Gasteiger partial charge in [-0.15, -0.1) is 0 Å². The Labute approximate surface area is 91.8 Å². The average Bonchev–Trinajstić information content (AvgIpc) is 2.28. The van der Waals surface area contributed by atoms with E-state index in [2.05, 4.69) is 13.8 Å². The molecule has 0 radical (unpaired) electrons. The lowest BCUT2D eigenvalue weighted by molar-refractivity contribution is -0.140. The molecule has 0 aromatic heterocycles. The van der Waals surface area contributed by atoms with Gasteiger partial charge in [-0.2, -0.15) is 0 Å². The first kappa shape index (κ1) is 12.5. The van der Waals surface area contributed by atoms with Crippen molar-refractivity contribution >= 4 is 5.91 Å². The number of hydrogen-bond acceptors (Lipinski definition) is 3. The van der Waals surface area contributed by atoms with E-state index in [0.717, 1.165) is 6.42 Å². The molecule has 4 heteroatoms. The van der Waals surface area contributed by atoms with Gasteiger partial charge in [0.2, 0.25) is 5.91 Å². The van der Waals surface area contributed by atoms with Gasteiger partial charge in [0, 0.05) is 19.5 Å². The Morgan fingerprint density at radius 1 is 1.67 bits per heavy atom. The standard InChI is InChI=1S/C11H22N2O2/c1-3-9(2)6-11(14)13-4-5-15-8-10(13)7-12/h9-10H,3-8,12H2,1-2H3. The molecule has 0 saturated carbocycles. The maximum absolute atomic E-state index is 12.0. The van der Waals surface area contributed by atoms with E-state index >= 15 is 0 Å². The fourth-order valence-corrected chi connectivity index (χ4v) is 1.74. The number of rotatable bonds is 4. The van der Waals surface area contributed by atoms with Crippen LogP contribution >= 0.6 is 0 Å². The maximum atomic E-state index is 12.0. The molecule has 0 aromatic carbocycles. The second-order valence-corrected chi connectivity index (χ2v) is 4.27. The Hall–Kier alpha value is -0.610. The van der Waals surface area contributed by atoms with E-state index in [1.165, 1.54) is 0 Å². The summed E-state index contributed by atoms with van der Waals surface area (Å²) in [6.45, 7) is 6.63. The highest BCUT2D eigenvalue weighted by Crippen LogP contribution is 2.13. The summed E-state index contributed by atoms with van der Waals surface area (Å²) in [5.41, 5.74) is 5.62. The Morgan fingerprint density at radius 3 is 3.00 bits per heavy atom. The molecule has 15 heavy (non-hydrogen) atoms. The topological polar surface area (TPSA) is 55.6 Å². The van der Waals surface area contributed by atoms with E-state index in [9.17, 15) is 4.79 Å². The van der Waals surface area contributed by atoms with Gasteiger partial charge in [-0.1, -0.05) is 20.3 Å². The number of hydrogen-bond donors (Lipinski definition) is 1. The Balaban J connectivity index is 2.48. The maximum Gasteiger partial charge on any atom is 0.223 e. The van der Waals surface area contributed by atoms with Gasteiger partial charge in [0.25, 0.3) is 0 Å². The van der Waals surface area contributed by atoms with Gasteiger partial charge in [-0.3, -0.25) is 4.79 Å². The van der Waals surface area contributed by atoms with E-state index in [1.54, 1.807) is 0 Å². The molecule has 1 aliphatic heterocycles. The summed E-state index contributed by atoms with van der Waals surface area (Å²) in [5, 5.41) is 0. The van der Waals surface area contributed by atoms with Crippen molar-refractivity contribution in [3.05, 3.63) is 0 Å².